The molecule has 0 aliphatic rings. The Bertz CT molecular complexity index is 1040. The van der Waals surface area contributed by atoms with Crippen molar-refractivity contribution in [1.29, 1.82) is 0 Å². The summed E-state index contributed by atoms with van der Waals surface area (Å²) in [5.74, 6) is -1.74. The molecule has 0 aliphatic heterocycles. The number of likely N-dealkylation sites (N-methyl/N-ethyl adjacent to an activating group) is 1. The zero-order valence-electron chi connectivity index (χ0n) is 18.1. The minimum Gasteiger partial charge on any atom is -0.355 e. The van der Waals surface area contributed by atoms with E-state index in [2.05, 4.69) is 5.32 Å². The van der Waals surface area contributed by atoms with Crippen LogP contribution in [-0.4, -0.2) is 50.5 Å². The zero-order valence-corrected chi connectivity index (χ0v) is 18.9. The molecule has 9 heteroatoms. The number of benzene rings is 2. The Hall–Kier alpha value is -2.94. The van der Waals surface area contributed by atoms with Crippen LogP contribution in [0.5, 0.6) is 0 Å². The van der Waals surface area contributed by atoms with Gasteiger partial charge in [-0.1, -0.05) is 42.0 Å². The van der Waals surface area contributed by atoms with Crippen LogP contribution in [0, 0.1) is 12.7 Å². The maximum Gasteiger partial charge on any atom is 0.244 e. The summed E-state index contributed by atoms with van der Waals surface area (Å²) in [6.07, 6.45) is 0.908. The van der Waals surface area contributed by atoms with E-state index in [0.29, 0.717) is 6.54 Å². The standard InChI is InChI=1S/C22H28FN3O4S/c1-5-24-22(28)17(3)25(14-18-10-8-9-16(2)13-18)21(27)15-26(31(4,29)30)20-12-7-6-11-19(20)23/h6-13,17H,5,14-15H2,1-4H3,(H,24,28)/t17-/m0/s1. The van der Waals surface area contributed by atoms with E-state index in [4.69, 9.17) is 0 Å². The lowest BCUT2D eigenvalue weighted by Crippen LogP contribution is -2.51. The first-order chi connectivity index (χ1) is 14.5. The van der Waals surface area contributed by atoms with Crippen molar-refractivity contribution in [2.45, 2.75) is 33.4 Å². The van der Waals surface area contributed by atoms with Crippen molar-refractivity contribution in [3.63, 3.8) is 0 Å². The summed E-state index contributed by atoms with van der Waals surface area (Å²) in [7, 11) is -3.96. The number of hydrogen-bond acceptors (Lipinski definition) is 4. The van der Waals surface area contributed by atoms with Gasteiger partial charge in [-0.25, -0.2) is 12.8 Å². The van der Waals surface area contributed by atoms with Crippen LogP contribution in [-0.2, 0) is 26.2 Å². The van der Waals surface area contributed by atoms with E-state index < -0.39 is 34.3 Å². The van der Waals surface area contributed by atoms with E-state index in [9.17, 15) is 22.4 Å². The molecule has 0 saturated heterocycles. The van der Waals surface area contributed by atoms with Gasteiger partial charge in [0.05, 0.1) is 11.9 Å². The van der Waals surface area contributed by atoms with E-state index in [1.165, 1.54) is 23.1 Å². The average Bonchev–Trinajstić information content (AvgIpc) is 2.69. The summed E-state index contributed by atoms with van der Waals surface area (Å²) in [6, 6.07) is 11.9. The second kappa shape index (κ2) is 10.4. The fraction of sp³-hybridized carbons (Fsp3) is 0.364. The molecule has 0 heterocycles. The predicted molar refractivity (Wildman–Crippen MR) is 118 cm³/mol. The molecular weight excluding hydrogens is 421 g/mol. The lowest BCUT2D eigenvalue weighted by Gasteiger charge is -2.31. The first-order valence-electron chi connectivity index (χ1n) is 9.89. The highest BCUT2D eigenvalue weighted by molar-refractivity contribution is 7.92. The highest BCUT2D eigenvalue weighted by atomic mass is 32.2. The van der Waals surface area contributed by atoms with Crippen molar-refractivity contribution in [3.8, 4) is 0 Å². The lowest BCUT2D eigenvalue weighted by atomic mass is 10.1. The van der Waals surface area contributed by atoms with Crippen molar-refractivity contribution in [2.24, 2.45) is 0 Å². The summed E-state index contributed by atoms with van der Waals surface area (Å²) < 4.78 is 39.7. The van der Waals surface area contributed by atoms with Gasteiger partial charge >= 0.3 is 0 Å². The number of halogens is 1. The van der Waals surface area contributed by atoms with E-state index in [1.54, 1.807) is 13.8 Å². The smallest absolute Gasteiger partial charge is 0.244 e. The van der Waals surface area contributed by atoms with Crippen LogP contribution in [0.1, 0.15) is 25.0 Å². The number of amides is 2. The molecule has 0 aliphatic carbocycles. The minimum absolute atomic E-state index is 0.105. The van der Waals surface area contributed by atoms with Gasteiger partial charge in [-0.05, 0) is 38.5 Å². The second-order valence-corrected chi connectivity index (χ2v) is 9.21. The number of para-hydroxylation sites is 1. The molecule has 1 atom stereocenters. The Morgan fingerprint density at radius 2 is 1.81 bits per heavy atom. The molecule has 0 bridgehead atoms. The third kappa shape index (κ3) is 6.52. The van der Waals surface area contributed by atoms with Gasteiger partial charge < -0.3 is 10.2 Å². The Labute approximate surface area is 182 Å². The Morgan fingerprint density at radius 1 is 1.13 bits per heavy atom. The maximum absolute atomic E-state index is 14.3. The Kier molecular flexibility index (Phi) is 8.15. The number of nitrogens with one attached hydrogen (secondary N) is 1. The van der Waals surface area contributed by atoms with E-state index in [0.717, 1.165) is 27.8 Å². The number of aryl methyl sites for hydroxylation is 1. The van der Waals surface area contributed by atoms with Crippen LogP contribution in [0.2, 0.25) is 0 Å². The van der Waals surface area contributed by atoms with Gasteiger partial charge in [0.1, 0.15) is 18.4 Å². The highest BCUT2D eigenvalue weighted by Gasteiger charge is 2.30. The summed E-state index contributed by atoms with van der Waals surface area (Å²) >= 11 is 0. The number of carbonyl (C=O) groups is 2. The topological polar surface area (TPSA) is 86.8 Å². The zero-order chi connectivity index (χ0) is 23.2. The van der Waals surface area contributed by atoms with E-state index >= 15 is 0 Å². The molecule has 2 rings (SSSR count). The van der Waals surface area contributed by atoms with Crippen LogP contribution in [0.3, 0.4) is 0 Å². The summed E-state index contributed by atoms with van der Waals surface area (Å²) in [6.45, 7) is 5.11. The number of anilines is 1. The van der Waals surface area contributed by atoms with Gasteiger partial charge in [0.25, 0.3) is 0 Å². The van der Waals surface area contributed by atoms with Gasteiger partial charge in [-0.3, -0.25) is 13.9 Å². The van der Waals surface area contributed by atoms with Crippen molar-refractivity contribution in [1.82, 2.24) is 10.2 Å². The number of hydrogen-bond donors (Lipinski definition) is 1. The molecule has 0 aromatic heterocycles. The quantitative estimate of drug-likeness (QED) is 0.637. The highest BCUT2D eigenvalue weighted by Crippen LogP contribution is 2.22. The minimum atomic E-state index is -3.96. The third-order valence-electron chi connectivity index (χ3n) is 4.75. The average molecular weight is 450 g/mol. The second-order valence-electron chi connectivity index (χ2n) is 7.30. The van der Waals surface area contributed by atoms with Crippen LogP contribution in [0.4, 0.5) is 10.1 Å². The van der Waals surface area contributed by atoms with Crippen molar-refractivity contribution < 1.29 is 22.4 Å². The van der Waals surface area contributed by atoms with Crippen LogP contribution in [0.15, 0.2) is 48.5 Å². The lowest BCUT2D eigenvalue weighted by molar-refractivity contribution is -0.139. The predicted octanol–water partition coefficient (Wildman–Crippen LogP) is 2.45. The van der Waals surface area contributed by atoms with Crippen LogP contribution >= 0.6 is 0 Å². The molecule has 0 saturated carbocycles. The molecule has 7 nitrogen and oxygen atoms in total. The van der Waals surface area contributed by atoms with Crippen molar-refractivity contribution in [3.05, 3.63) is 65.5 Å². The number of rotatable bonds is 9. The molecule has 2 aromatic carbocycles. The molecule has 2 aromatic rings. The summed E-state index contributed by atoms with van der Waals surface area (Å²) in [4.78, 5) is 27.0. The fourth-order valence-corrected chi connectivity index (χ4v) is 4.01. The first-order valence-corrected chi connectivity index (χ1v) is 11.7. The van der Waals surface area contributed by atoms with Crippen molar-refractivity contribution >= 4 is 27.5 Å². The molecule has 0 unspecified atom stereocenters. The number of sulfonamides is 1. The van der Waals surface area contributed by atoms with Crippen molar-refractivity contribution in [2.75, 3.05) is 23.7 Å². The SMILES string of the molecule is CCNC(=O)[C@H](C)N(Cc1cccc(C)c1)C(=O)CN(c1ccccc1F)S(C)(=O)=O. The maximum atomic E-state index is 14.3. The Morgan fingerprint density at radius 3 is 2.39 bits per heavy atom. The van der Waals surface area contributed by atoms with E-state index in [1.807, 2.05) is 31.2 Å². The molecule has 0 spiro atoms. The van der Waals surface area contributed by atoms with Crippen LogP contribution < -0.4 is 9.62 Å². The molecule has 0 radical (unpaired) electrons. The van der Waals surface area contributed by atoms with Gasteiger partial charge in [-0.15, -0.1) is 0 Å². The molecular formula is C22H28FN3O4S. The molecule has 2 amide bonds. The first kappa shape index (κ1) is 24.3. The summed E-state index contributed by atoms with van der Waals surface area (Å²) in [5.41, 5.74) is 1.56. The molecule has 1 N–H and O–H groups in total. The molecule has 168 valence electrons. The third-order valence-corrected chi connectivity index (χ3v) is 5.88. The fourth-order valence-electron chi connectivity index (χ4n) is 3.16. The van der Waals surface area contributed by atoms with Gasteiger partial charge in [0.15, 0.2) is 0 Å². The number of nitrogens with zero attached hydrogens (tertiary/aromatic N) is 2. The Balaban J connectivity index is 2.40. The largest absolute Gasteiger partial charge is 0.355 e. The van der Waals surface area contributed by atoms with Crippen LogP contribution in [0.25, 0.3) is 0 Å². The van der Waals surface area contributed by atoms with Gasteiger partial charge in [-0.2, -0.15) is 0 Å². The number of carbonyl (C=O) groups excluding carboxylic acids is 2. The van der Waals surface area contributed by atoms with E-state index in [-0.39, 0.29) is 18.1 Å². The normalized spacial score (nSPS) is 12.2. The monoisotopic (exact) mass is 449 g/mol. The summed E-state index contributed by atoms with van der Waals surface area (Å²) in [5, 5.41) is 2.68. The molecule has 31 heavy (non-hydrogen) atoms. The van der Waals surface area contributed by atoms with Gasteiger partial charge in [0.2, 0.25) is 21.8 Å². The van der Waals surface area contributed by atoms with Gasteiger partial charge in [0, 0.05) is 13.1 Å². The molecule has 0 fully saturated rings.